The minimum absolute atomic E-state index is 0. The largest absolute Gasteiger partial charge is 0.338 e. The van der Waals surface area contributed by atoms with Crippen LogP contribution in [-0.2, 0) is 0 Å². The van der Waals surface area contributed by atoms with E-state index in [-0.39, 0.29) is 1.43 Å². The van der Waals surface area contributed by atoms with Crippen LogP contribution in [0.3, 0.4) is 0 Å². The predicted octanol–water partition coefficient (Wildman–Crippen LogP) is 0.683. The SMILES string of the molecule is OP(O)Cl.[2HH]. The smallest absolute Gasteiger partial charge is 0.271 e. The van der Waals surface area contributed by atoms with E-state index in [4.69, 9.17) is 9.79 Å². The fourth-order valence-corrected chi connectivity index (χ4v) is 0. The standard InChI is InChI=1S/ClH2O2P.H2/c1-4(2)3;/h2-3H;1H/i;1+1. The van der Waals surface area contributed by atoms with E-state index in [0.29, 0.717) is 0 Å². The summed E-state index contributed by atoms with van der Waals surface area (Å²) in [6.07, 6.45) is 0. The maximum Gasteiger partial charge on any atom is 0.271 e. The molecule has 0 atom stereocenters. The van der Waals surface area contributed by atoms with Gasteiger partial charge in [0.1, 0.15) is 0 Å². The Morgan fingerprint density at radius 3 is 1.75 bits per heavy atom. The van der Waals surface area contributed by atoms with Crippen molar-refractivity contribution < 1.29 is 11.2 Å². The Kier molecular flexibility index (Phi) is 2.22. The molecule has 0 saturated carbocycles. The molecule has 0 bridgehead atoms. The first-order valence-corrected chi connectivity index (χ1v) is 2.72. The minimum atomic E-state index is -2.15. The Morgan fingerprint density at radius 2 is 1.75 bits per heavy atom. The molecule has 0 heterocycles. The molecule has 0 aliphatic carbocycles. The maximum absolute atomic E-state index is 7.44. The lowest BCUT2D eigenvalue weighted by Crippen LogP contribution is -1.41. The molecule has 0 aromatic heterocycles. The van der Waals surface area contributed by atoms with Crippen LogP contribution in [0.1, 0.15) is 1.43 Å². The topological polar surface area (TPSA) is 40.5 Å². The third kappa shape index (κ3) is 17.3. The molecule has 0 unspecified atom stereocenters. The zero-order valence-electron chi connectivity index (χ0n) is 1.72. The van der Waals surface area contributed by atoms with Crippen molar-refractivity contribution in [2.75, 3.05) is 0 Å². The Balaban J connectivity index is 0. The van der Waals surface area contributed by atoms with Gasteiger partial charge in [0.2, 0.25) is 0 Å². The molecule has 0 saturated heterocycles. The highest BCUT2D eigenvalue weighted by Crippen LogP contribution is 2.27. The highest BCUT2D eigenvalue weighted by atomic mass is 35.7. The lowest BCUT2D eigenvalue weighted by Gasteiger charge is -1.74. The number of hydrogen-bond donors (Lipinski definition) is 2. The van der Waals surface area contributed by atoms with Crippen molar-refractivity contribution in [3.8, 4) is 0 Å². The lowest BCUT2D eigenvalue weighted by atomic mass is 15.9. The van der Waals surface area contributed by atoms with Crippen molar-refractivity contribution in [2.45, 2.75) is 0 Å². The predicted molar refractivity (Wildman–Crippen MR) is 19.3 cm³/mol. The fraction of sp³-hybridized carbons (Fsp3) is 0. The third-order valence-corrected chi connectivity index (χ3v) is 0. The number of hydrogen-bond acceptors (Lipinski definition) is 2. The lowest BCUT2D eigenvalue weighted by molar-refractivity contribution is 0.504. The van der Waals surface area contributed by atoms with Crippen molar-refractivity contribution in [3.05, 3.63) is 0 Å². The van der Waals surface area contributed by atoms with Crippen molar-refractivity contribution in [3.63, 3.8) is 0 Å². The summed E-state index contributed by atoms with van der Waals surface area (Å²) in [5, 5.41) is 0. The molecule has 4 heavy (non-hydrogen) atoms. The normalized spacial score (nSPS) is 9.00. The van der Waals surface area contributed by atoms with Crippen molar-refractivity contribution in [2.24, 2.45) is 0 Å². The van der Waals surface area contributed by atoms with Gasteiger partial charge in [-0.05, 0) is 11.2 Å². The van der Waals surface area contributed by atoms with E-state index in [1.54, 1.807) is 0 Å². The molecule has 2 nitrogen and oxygen atoms in total. The Hall–Kier alpha value is 0.640. The summed E-state index contributed by atoms with van der Waals surface area (Å²) in [5.74, 6) is 0. The van der Waals surface area contributed by atoms with E-state index in [2.05, 4.69) is 11.2 Å². The summed E-state index contributed by atoms with van der Waals surface area (Å²) in [7, 11) is -2.15. The van der Waals surface area contributed by atoms with E-state index < -0.39 is 7.73 Å². The highest BCUT2D eigenvalue weighted by molar-refractivity contribution is 7.74. The van der Waals surface area contributed by atoms with Gasteiger partial charge in [-0.3, -0.25) is 0 Å². The zero-order chi connectivity index (χ0) is 3.58. The molecule has 0 aromatic carbocycles. The number of halogens is 1. The molecule has 0 aliphatic rings. The summed E-state index contributed by atoms with van der Waals surface area (Å²) < 4.78 is 0. The first-order chi connectivity index (χ1) is 1.73. The first kappa shape index (κ1) is 4.64. The molecule has 28 valence electrons. The van der Waals surface area contributed by atoms with Gasteiger partial charge in [0.15, 0.2) is 0 Å². The van der Waals surface area contributed by atoms with Crippen LogP contribution in [0.4, 0.5) is 0 Å². The van der Waals surface area contributed by atoms with Gasteiger partial charge in [-0.25, -0.2) is 0 Å². The van der Waals surface area contributed by atoms with Crippen LogP contribution in [0, 0.1) is 0 Å². The maximum atomic E-state index is 7.44. The molecule has 0 spiro atoms. The van der Waals surface area contributed by atoms with Crippen LogP contribution in [-0.4, -0.2) is 9.79 Å². The average molecular weight is 103 g/mol. The van der Waals surface area contributed by atoms with Crippen LogP contribution >= 0.6 is 19.0 Å². The van der Waals surface area contributed by atoms with Gasteiger partial charge >= 0.3 is 0 Å². The van der Waals surface area contributed by atoms with Crippen LogP contribution in [0.2, 0.25) is 0 Å². The molecule has 0 radical (unpaired) electrons. The van der Waals surface area contributed by atoms with Gasteiger partial charge in [0.25, 0.3) is 7.73 Å². The Morgan fingerprint density at radius 1 is 1.75 bits per heavy atom. The Labute approximate surface area is 31.2 Å². The van der Waals surface area contributed by atoms with Gasteiger partial charge in [-0.2, -0.15) is 0 Å². The van der Waals surface area contributed by atoms with Crippen LogP contribution < -0.4 is 0 Å². The summed E-state index contributed by atoms with van der Waals surface area (Å²) in [4.78, 5) is 14.9. The van der Waals surface area contributed by atoms with E-state index in [1.165, 1.54) is 0 Å². The van der Waals surface area contributed by atoms with Crippen LogP contribution in [0.5, 0.6) is 0 Å². The molecular weight excluding hydrogens is 98.4 g/mol. The first-order valence-electron chi connectivity index (χ1n) is 0.569. The van der Waals surface area contributed by atoms with Crippen molar-refractivity contribution >= 4 is 19.0 Å². The quantitative estimate of drug-likeness (QED) is 0.443. The molecular formula is H4ClO2P. The second-order valence-corrected chi connectivity index (χ2v) is 1.63. The minimum Gasteiger partial charge on any atom is -0.338 e. The summed E-state index contributed by atoms with van der Waals surface area (Å²) in [6.45, 7) is 0. The molecule has 0 amide bonds. The van der Waals surface area contributed by atoms with E-state index in [0.717, 1.165) is 0 Å². The van der Waals surface area contributed by atoms with E-state index >= 15 is 0 Å². The third-order valence-electron chi connectivity index (χ3n) is 0. The van der Waals surface area contributed by atoms with Crippen LogP contribution in [0.15, 0.2) is 0 Å². The van der Waals surface area contributed by atoms with Gasteiger partial charge < -0.3 is 9.79 Å². The van der Waals surface area contributed by atoms with Gasteiger partial charge in [-0.15, -0.1) is 0 Å². The van der Waals surface area contributed by atoms with Crippen molar-refractivity contribution in [1.82, 2.24) is 0 Å². The zero-order valence-corrected chi connectivity index (χ0v) is 3.37. The number of rotatable bonds is 0. The van der Waals surface area contributed by atoms with Gasteiger partial charge in [0, 0.05) is 1.43 Å². The average Bonchev–Trinajstić information content (AvgIpc) is 0.811. The van der Waals surface area contributed by atoms with Gasteiger partial charge in [0.05, 0.1) is 0 Å². The summed E-state index contributed by atoms with van der Waals surface area (Å²) in [6, 6.07) is 0. The van der Waals surface area contributed by atoms with Crippen LogP contribution in [0.25, 0.3) is 0 Å². The molecule has 2 N–H and O–H groups in total. The molecule has 4 heteroatoms. The summed E-state index contributed by atoms with van der Waals surface area (Å²) in [5.41, 5.74) is 0. The van der Waals surface area contributed by atoms with Gasteiger partial charge in [-0.1, -0.05) is 0 Å². The molecule has 0 aliphatic heterocycles. The second-order valence-electron chi connectivity index (χ2n) is 0.241. The second kappa shape index (κ2) is 1.91. The monoisotopic (exact) mass is 103 g/mol. The summed E-state index contributed by atoms with van der Waals surface area (Å²) >= 11 is 4.45. The Bertz CT molecular complexity index is 14.4. The molecule has 0 fully saturated rings. The van der Waals surface area contributed by atoms with Crippen molar-refractivity contribution in [1.29, 1.82) is 0 Å². The molecule has 0 aromatic rings. The fourth-order valence-electron chi connectivity index (χ4n) is 0. The molecule has 0 rings (SSSR count). The van der Waals surface area contributed by atoms with E-state index in [9.17, 15) is 0 Å². The van der Waals surface area contributed by atoms with E-state index in [1.807, 2.05) is 0 Å². The highest BCUT2D eigenvalue weighted by Gasteiger charge is 1.77.